The van der Waals surface area contributed by atoms with E-state index in [1.54, 1.807) is 47.4 Å². The average Bonchev–Trinajstić information content (AvgIpc) is 3.45. The molecule has 2 heterocycles. The van der Waals surface area contributed by atoms with Gasteiger partial charge in [0.05, 0.1) is 6.04 Å². The molecule has 1 aliphatic carbocycles. The molecule has 10 heteroatoms. The highest BCUT2D eigenvalue weighted by Crippen LogP contribution is 2.34. The number of carbonyl (C=O) groups is 2. The van der Waals surface area contributed by atoms with E-state index in [4.69, 9.17) is 16.0 Å². The van der Waals surface area contributed by atoms with Crippen molar-refractivity contribution in [2.45, 2.75) is 50.7 Å². The third-order valence-electron chi connectivity index (χ3n) is 6.37. The lowest BCUT2D eigenvalue weighted by Crippen LogP contribution is -2.53. The van der Waals surface area contributed by atoms with E-state index in [0.29, 0.717) is 28.3 Å². The maximum Gasteiger partial charge on any atom is 0.314 e. The molecule has 0 radical (unpaired) electrons. The molecule has 2 aliphatic rings. The minimum absolute atomic E-state index is 0.0601. The lowest BCUT2D eigenvalue weighted by molar-refractivity contribution is 0.0582. The van der Waals surface area contributed by atoms with Crippen LogP contribution < -0.4 is 5.32 Å². The molecule has 1 fully saturated rings. The first-order chi connectivity index (χ1) is 16.4. The van der Waals surface area contributed by atoms with Crippen LogP contribution in [-0.2, 0) is 6.54 Å². The fourth-order valence-electron chi connectivity index (χ4n) is 4.67. The molecule has 0 spiro atoms. The molecule has 3 aromatic rings. The molecule has 2 aromatic carbocycles. The minimum Gasteiger partial charge on any atom is -0.415 e. The molecular formula is C24H21ClF2N4O3. The number of hydrogen-bond donors (Lipinski definition) is 1. The Hall–Kier alpha value is -3.33. The van der Waals surface area contributed by atoms with Gasteiger partial charge in [-0.05, 0) is 54.8 Å². The summed E-state index contributed by atoms with van der Waals surface area (Å²) in [5.41, 5.74) is 2.22. The highest BCUT2D eigenvalue weighted by Gasteiger charge is 2.39. The number of rotatable bonds is 5. The topological polar surface area (TPSA) is 88.3 Å². The smallest absolute Gasteiger partial charge is 0.314 e. The fraction of sp³-hybridized carbons (Fsp3) is 0.333. The van der Waals surface area contributed by atoms with Crippen LogP contribution >= 0.6 is 11.6 Å². The van der Waals surface area contributed by atoms with Gasteiger partial charge in [-0.3, -0.25) is 9.59 Å². The molecule has 1 aliphatic heterocycles. The van der Waals surface area contributed by atoms with Gasteiger partial charge in [0, 0.05) is 34.3 Å². The van der Waals surface area contributed by atoms with Crippen molar-refractivity contribution in [2.24, 2.45) is 0 Å². The Balaban J connectivity index is 1.35. The summed E-state index contributed by atoms with van der Waals surface area (Å²) in [5, 5.41) is 10.7. The van der Waals surface area contributed by atoms with E-state index in [9.17, 15) is 18.4 Å². The second kappa shape index (κ2) is 9.13. The Bertz CT molecular complexity index is 1230. The number of nitrogens with one attached hydrogen (secondary N) is 1. The first-order valence-electron chi connectivity index (χ1n) is 11.0. The summed E-state index contributed by atoms with van der Waals surface area (Å²) in [6, 6.07) is 11.4. The number of benzene rings is 2. The van der Waals surface area contributed by atoms with Crippen LogP contribution in [0.4, 0.5) is 8.78 Å². The van der Waals surface area contributed by atoms with Crippen molar-refractivity contribution >= 4 is 23.4 Å². The predicted octanol–water partition coefficient (Wildman–Crippen LogP) is 5.02. The lowest BCUT2D eigenvalue weighted by Gasteiger charge is -2.38. The SMILES string of the molecule is O=C(N[C@@H]1CCCC[C@H]1N1Cc2ccc(-c3nnc(C(F)F)o3)cc2C1=O)c1ccc(Cl)cc1. The normalized spacial score (nSPS) is 20.0. The van der Waals surface area contributed by atoms with Crippen molar-refractivity contribution in [1.29, 1.82) is 0 Å². The molecule has 0 saturated heterocycles. The van der Waals surface area contributed by atoms with E-state index < -0.39 is 12.3 Å². The van der Waals surface area contributed by atoms with Crippen molar-refractivity contribution in [3.8, 4) is 11.5 Å². The summed E-state index contributed by atoms with van der Waals surface area (Å²) in [6.07, 6.45) is 0.610. The highest BCUT2D eigenvalue weighted by molar-refractivity contribution is 6.30. The molecule has 5 rings (SSSR count). The number of halogens is 3. The number of hydrogen-bond acceptors (Lipinski definition) is 5. The van der Waals surface area contributed by atoms with Crippen LogP contribution in [0.1, 0.15) is 64.3 Å². The number of fused-ring (bicyclic) bond motifs is 1. The van der Waals surface area contributed by atoms with E-state index in [-0.39, 0.29) is 29.8 Å². The van der Waals surface area contributed by atoms with Crippen molar-refractivity contribution in [1.82, 2.24) is 20.4 Å². The molecule has 1 aromatic heterocycles. The minimum atomic E-state index is -2.86. The first kappa shape index (κ1) is 22.5. The van der Waals surface area contributed by atoms with Crippen LogP contribution in [0, 0.1) is 0 Å². The second-order valence-electron chi connectivity index (χ2n) is 8.49. The van der Waals surface area contributed by atoms with Crippen LogP contribution in [0.3, 0.4) is 0 Å². The maximum atomic E-state index is 13.3. The van der Waals surface area contributed by atoms with Crippen LogP contribution in [-0.4, -0.2) is 39.0 Å². The van der Waals surface area contributed by atoms with E-state index in [1.165, 1.54) is 0 Å². The van der Waals surface area contributed by atoms with E-state index in [2.05, 4.69) is 15.5 Å². The molecule has 0 bridgehead atoms. The zero-order valence-corrected chi connectivity index (χ0v) is 18.8. The molecular weight excluding hydrogens is 466 g/mol. The standard InChI is InChI=1S/C24H21ClF2N4O3/c25-16-9-7-13(8-10-16)21(32)28-18-3-1-2-4-19(18)31-12-15-6-5-14(11-17(15)24(31)33)22-29-30-23(34-22)20(26)27/h5-11,18-20H,1-4,12H2,(H,28,32)/t18-,19-/m1/s1. The van der Waals surface area contributed by atoms with Crippen molar-refractivity contribution in [3.05, 3.63) is 70.1 Å². The molecule has 2 amide bonds. The maximum absolute atomic E-state index is 13.3. The van der Waals surface area contributed by atoms with E-state index >= 15 is 0 Å². The summed E-state index contributed by atoms with van der Waals surface area (Å²) in [7, 11) is 0. The lowest BCUT2D eigenvalue weighted by atomic mass is 9.89. The van der Waals surface area contributed by atoms with Crippen LogP contribution in [0.2, 0.25) is 5.02 Å². The van der Waals surface area contributed by atoms with Gasteiger partial charge in [-0.25, -0.2) is 0 Å². The Labute approximate surface area is 199 Å². The number of carbonyl (C=O) groups excluding carboxylic acids is 2. The summed E-state index contributed by atoms with van der Waals surface area (Å²) in [4.78, 5) is 27.9. The van der Waals surface area contributed by atoms with Crippen molar-refractivity contribution in [2.75, 3.05) is 0 Å². The van der Waals surface area contributed by atoms with E-state index in [0.717, 1.165) is 31.2 Å². The Morgan fingerprint density at radius 3 is 2.62 bits per heavy atom. The molecule has 2 atom stereocenters. The van der Waals surface area contributed by atoms with Gasteiger partial charge in [-0.2, -0.15) is 8.78 Å². The summed E-state index contributed by atoms with van der Waals surface area (Å²) >= 11 is 5.92. The summed E-state index contributed by atoms with van der Waals surface area (Å²) < 4.78 is 30.6. The predicted molar refractivity (Wildman–Crippen MR) is 120 cm³/mol. The monoisotopic (exact) mass is 486 g/mol. The molecule has 1 saturated carbocycles. The summed E-state index contributed by atoms with van der Waals surface area (Å²) in [5.74, 6) is -1.19. The Kier molecular flexibility index (Phi) is 6.03. The molecule has 0 unspecified atom stereocenters. The fourth-order valence-corrected chi connectivity index (χ4v) is 4.80. The quantitative estimate of drug-likeness (QED) is 0.546. The zero-order chi connectivity index (χ0) is 23.8. The highest BCUT2D eigenvalue weighted by atomic mass is 35.5. The van der Waals surface area contributed by atoms with Gasteiger partial charge in [-0.1, -0.05) is 30.5 Å². The van der Waals surface area contributed by atoms with Crippen molar-refractivity contribution in [3.63, 3.8) is 0 Å². The Morgan fingerprint density at radius 2 is 1.88 bits per heavy atom. The average molecular weight is 487 g/mol. The first-order valence-corrected chi connectivity index (χ1v) is 11.4. The number of nitrogens with zero attached hydrogens (tertiary/aromatic N) is 3. The van der Waals surface area contributed by atoms with Gasteiger partial charge in [0.25, 0.3) is 17.7 Å². The van der Waals surface area contributed by atoms with Gasteiger partial charge in [0.1, 0.15) is 0 Å². The van der Waals surface area contributed by atoms with Gasteiger partial charge in [-0.15, -0.1) is 10.2 Å². The molecule has 176 valence electrons. The van der Waals surface area contributed by atoms with E-state index in [1.807, 2.05) is 0 Å². The van der Waals surface area contributed by atoms with Gasteiger partial charge >= 0.3 is 6.43 Å². The second-order valence-corrected chi connectivity index (χ2v) is 8.93. The number of aromatic nitrogens is 2. The number of alkyl halides is 2. The largest absolute Gasteiger partial charge is 0.415 e. The number of amides is 2. The zero-order valence-electron chi connectivity index (χ0n) is 18.0. The molecule has 7 nitrogen and oxygen atoms in total. The van der Waals surface area contributed by atoms with Gasteiger partial charge in [0.15, 0.2) is 0 Å². The van der Waals surface area contributed by atoms with Gasteiger partial charge in [0.2, 0.25) is 5.89 Å². The Morgan fingerprint density at radius 1 is 1.12 bits per heavy atom. The van der Waals surface area contributed by atoms with Gasteiger partial charge < -0.3 is 14.6 Å². The van der Waals surface area contributed by atoms with Crippen LogP contribution in [0.15, 0.2) is 46.9 Å². The molecule has 34 heavy (non-hydrogen) atoms. The van der Waals surface area contributed by atoms with Crippen LogP contribution in [0.25, 0.3) is 11.5 Å². The van der Waals surface area contributed by atoms with Crippen LogP contribution in [0.5, 0.6) is 0 Å². The summed E-state index contributed by atoms with van der Waals surface area (Å²) in [6.45, 7) is 0.415. The third kappa shape index (κ3) is 4.27. The third-order valence-corrected chi connectivity index (χ3v) is 6.62. The van der Waals surface area contributed by atoms with Crippen molar-refractivity contribution < 1.29 is 22.8 Å². The molecule has 1 N–H and O–H groups in total.